The monoisotopic (exact) mass is 348 g/mol. The zero-order chi connectivity index (χ0) is 16.0. The van der Waals surface area contributed by atoms with Crippen molar-refractivity contribution >= 4 is 28.8 Å². The van der Waals surface area contributed by atoms with E-state index in [0.29, 0.717) is 0 Å². The lowest BCUT2D eigenvalue weighted by Crippen LogP contribution is -2.13. The maximum atomic E-state index is 6.33. The van der Waals surface area contributed by atoms with Crippen LogP contribution in [0.2, 0.25) is 0 Å². The van der Waals surface area contributed by atoms with Gasteiger partial charge < -0.3 is 9.47 Å². The number of H-pyrrole nitrogens is 1. The molecule has 2 heterocycles. The Morgan fingerprint density at radius 1 is 1.22 bits per heavy atom. The highest BCUT2D eigenvalue weighted by Crippen LogP contribution is 2.37. The summed E-state index contributed by atoms with van der Waals surface area (Å²) in [4.78, 5) is 0. The molecule has 0 bridgehead atoms. The Morgan fingerprint density at radius 3 is 2.87 bits per heavy atom. The fourth-order valence-corrected chi connectivity index (χ4v) is 3.23. The maximum absolute atomic E-state index is 6.33. The first-order chi connectivity index (χ1) is 11.1. The number of benzene rings is 1. The van der Waals surface area contributed by atoms with Crippen LogP contribution in [-0.4, -0.2) is 22.4 Å². The Bertz CT molecular complexity index is 826. The molecular formula is C17H14Cl2N2O2. The van der Waals surface area contributed by atoms with E-state index in [4.69, 9.17) is 32.7 Å². The molecule has 0 saturated heterocycles. The van der Waals surface area contributed by atoms with Crippen molar-refractivity contribution in [2.75, 3.05) is 6.79 Å². The van der Waals surface area contributed by atoms with Crippen LogP contribution in [-0.2, 0) is 0 Å². The number of allylic oxidation sites excluding steroid dienone is 4. The number of nitrogens with zero attached hydrogens (tertiary/aromatic N) is 1. The number of hydrogen-bond acceptors (Lipinski definition) is 3. The van der Waals surface area contributed by atoms with Gasteiger partial charge in [-0.15, -0.1) is 11.6 Å². The summed E-state index contributed by atoms with van der Waals surface area (Å²) in [6.07, 6.45) is 3.93. The van der Waals surface area contributed by atoms with E-state index in [9.17, 15) is 0 Å². The molecule has 1 N–H and O–H groups in total. The van der Waals surface area contributed by atoms with E-state index in [1.165, 1.54) is 0 Å². The molecule has 0 fully saturated rings. The minimum atomic E-state index is -0.125. The quantitative estimate of drug-likeness (QED) is 0.808. The lowest BCUT2D eigenvalue weighted by molar-refractivity contribution is 0.174. The van der Waals surface area contributed by atoms with Gasteiger partial charge in [-0.05, 0) is 35.9 Å². The van der Waals surface area contributed by atoms with Crippen molar-refractivity contribution in [3.8, 4) is 22.8 Å². The van der Waals surface area contributed by atoms with Gasteiger partial charge in [0.1, 0.15) is 0 Å². The number of rotatable bonds is 2. The number of ether oxygens (including phenoxy) is 2. The van der Waals surface area contributed by atoms with Gasteiger partial charge in [-0.25, -0.2) is 0 Å². The van der Waals surface area contributed by atoms with Gasteiger partial charge in [-0.1, -0.05) is 24.6 Å². The molecule has 0 amide bonds. The van der Waals surface area contributed by atoms with Crippen LogP contribution in [0.4, 0.5) is 0 Å². The molecule has 118 valence electrons. The Hall–Kier alpha value is -1.91. The van der Waals surface area contributed by atoms with Crippen molar-refractivity contribution in [3.63, 3.8) is 0 Å². The SMILES string of the molecule is CC1C(Cl)=CC(c2cc(-c3ccc4c(c3)OCO4)n[nH]2)=CC1Cl. The third-order valence-electron chi connectivity index (χ3n) is 4.10. The molecule has 6 heteroatoms. The van der Waals surface area contributed by atoms with E-state index in [1.54, 1.807) is 0 Å². The topological polar surface area (TPSA) is 47.1 Å². The smallest absolute Gasteiger partial charge is 0.231 e. The van der Waals surface area contributed by atoms with Crippen molar-refractivity contribution in [2.24, 2.45) is 5.92 Å². The van der Waals surface area contributed by atoms with Gasteiger partial charge in [0.2, 0.25) is 6.79 Å². The van der Waals surface area contributed by atoms with E-state index >= 15 is 0 Å². The fraction of sp³-hybridized carbons (Fsp3) is 0.235. The van der Waals surface area contributed by atoms with Crippen molar-refractivity contribution in [2.45, 2.75) is 12.3 Å². The van der Waals surface area contributed by atoms with Crippen LogP contribution in [0.3, 0.4) is 0 Å². The van der Waals surface area contributed by atoms with Crippen LogP contribution in [0.1, 0.15) is 12.6 Å². The molecule has 2 aliphatic rings. The van der Waals surface area contributed by atoms with Gasteiger partial charge in [0, 0.05) is 16.5 Å². The molecule has 1 aromatic heterocycles. The highest BCUT2D eigenvalue weighted by atomic mass is 35.5. The van der Waals surface area contributed by atoms with Gasteiger partial charge in [0.05, 0.1) is 16.8 Å². The summed E-state index contributed by atoms with van der Waals surface area (Å²) < 4.78 is 10.7. The van der Waals surface area contributed by atoms with Crippen molar-refractivity contribution < 1.29 is 9.47 Å². The van der Waals surface area contributed by atoms with Crippen LogP contribution in [0.15, 0.2) is 41.4 Å². The lowest BCUT2D eigenvalue weighted by Gasteiger charge is -2.20. The van der Waals surface area contributed by atoms with Crippen LogP contribution in [0.25, 0.3) is 16.8 Å². The van der Waals surface area contributed by atoms with Crippen LogP contribution < -0.4 is 9.47 Å². The molecule has 0 radical (unpaired) electrons. The summed E-state index contributed by atoms with van der Waals surface area (Å²) in [7, 11) is 0. The minimum Gasteiger partial charge on any atom is -0.454 e. The van der Waals surface area contributed by atoms with E-state index in [-0.39, 0.29) is 18.1 Å². The summed E-state index contributed by atoms with van der Waals surface area (Å²) in [6.45, 7) is 2.27. The number of fused-ring (bicyclic) bond motifs is 1. The summed E-state index contributed by atoms with van der Waals surface area (Å²) in [6, 6.07) is 7.74. The first-order valence-corrected chi connectivity index (χ1v) is 8.12. The standard InChI is InChI=1S/C17H14Cl2N2O2/c1-9-12(18)4-11(5-13(9)19)15-7-14(20-21-15)10-2-3-16-17(6-10)23-8-22-16/h2-7,9,12H,8H2,1H3,(H,20,21). The largest absolute Gasteiger partial charge is 0.454 e. The average molecular weight is 349 g/mol. The van der Waals surface area contributed by atoms with Crippen molar-refractivity contribution in [3.05, 3.63) is 47.1 Å². The summed E-state index contributed by atoms with van der Waals surface area (Å²) >= 11 is 12.6. The molecule has 1 aromatic carbocycles. The molecule has 4 nitrogen and oxygen atoms in total. The van der Waals surface area contributed by atoms with E-state index in [1.807, 2.05) is 43.3 Å². The van der Waals surface area contributed by atoms with Crippen LogP contribution in [0, 0.1) is 5.92 Å². The van der Waals surface area contributed by atoms with Crippen LogP contribution >= 0.6 is 23.2 Å². The summed E-state index contributed by atoms with van der Waals surface area (Å²) in [5, 5.41) is 8.05. The van der Waals surface area contributed by atoms with Gasteiger partial charge >= 0.3 is 0 Å². The molecule has 4 rings (SSSR count). The zero-order valence-electron chi connectivity index (χ0n) is 12.3. The fourth-order valence-electron chi connectivity index (χ4n) is 2.64. The number of hydrogen-bond donors (Lipinski definition) is 1. The highest BCUT2D eigenvalue weighted by molar-refractivity contribution is 6.32. The van der Waals surface area contributed by atoms with Crippen molar-refractivity contribution in [1.82, 2.24) is 10.2 Å². The van der Waals surface area contributed by atoms with Gasteiger partial charge in [-0.3, -0.25) is 5.10 Å². The third kappa shape index (κ3) is 2.62. The molecule has 2 unspecified atom stereocenters. The molecule has 1 aliphatic carbocycles. The van der Waals surface area contributed by atoms with E-state index < -0.39 is 0 Å². The second-order valence-electron chi connectivity index (χ2n) is 5.62. The molecular weight excluding hydrogens is 335 g/mol. The lowest BCUT2D eigenvalue weighted by atomic mass is 9.96. The number of alkyl halides is 1. The van der Waals surface area contributed by atoms with E-state index in [2.05, 4.69) is 10.2 Å². The number of aromatic amines is 1. The van der Waals surface area contributed by atoms with Crippen molar-refractivity contribution in [1.29, 1.82) is 0 Å². The van der Waals surface area contributed by atoms with Gasteiger partial charge in [0.15, 0.2) is 11.5 Å². The maximum Gasteiger partial charge on any atom is 0.231 e. The molecule has 2 aromatic rings. The Morgan fingerprint density at radius 2 is 2.04 bits per heavy atom. The first-order valence-electron chi connectivity index (χ1n) is 7.30. The predicted molar refractivity (Wildman–Crippen MR) is 90.9 cm³/mol. The highest BCUT2D eigenvalue weighted by Gasteiger charge is 2.22. The van der Waals surface area contributed by atoms with Gasteiger partial charge in [0.25, 0.3) is 0 Å². The first kappa shape index (κ1) is 14.7. The number of nitrogens with one attached hydrogen (secondary N) is 1. The Balaban J connectivity index is 1.66. The Labute approximate surface area is 143 Å². The van der Waals surface area contributed by atoms with Gasteiger partial charge in [-0.2, -0.15) is 5.10 Å². The van der Waals surface area contributed by atoms with E-state index in [0.717, 1.165) is 39.1 Å². The normalized spacial score (nSPS) is 22.7. The Kier molecular flexibility index (Phi) is 3.58. The molecule has 23 heavy (non-hydrogen) atoms. The summed E-state index contributed by atoms with van der Waals surface area (Å²) in [5.41, 5.74) is 3.62. The second-order valence-corrected chi connectivity index (χ2v) is 6.56. The average Bonchev–Trinajstić information content (AvgIpc) is 3.20. The zero-order valence-corrected chi connectivity index (χ0v) is 13.9. The minimum absolute atomic E-state index is 0.123. The number of aromatic nitrogens is 2. The predicted octanol–water partition coefficient (Wildman–Crippen LogP) is 4.57. The third-order valence-corrected chi connectivity index (χ3v) is 5.06. The summed E-state index contributed by atoms with van der Waals surface area (Å²) in [5.74, 6) is 1.62. The van der Waals surface area contributed by atoms with Crippen LogP contribution in [0.5, 0.6) is 11.5 Å². The molecule has 1 aliphatic heterocycles. The number of halogens is 2. The second kappa shape index (κ2) is 5.62. The molecule has 2 atom stereocenters. The molecule has 0 spiro atoms. The molecule has 0 saturated carbocycles.